The van der Waals surface area contributed by atoms with Gasteiger partial charge >= 0.3 is 12.0 Å². The van der Waals surface area contributed by atoms with E-state index in [2.05, 4.69) is 5.32 Å². The highest BCUT2D eigenvalue weighted by molar-refractivity contribution is 6.31. The molecule has 4 rings (SSSR count). The van der Waals surface area contributed by atoms with Crippen molar-refractivity contribution in [2.75, 3.05) is 7.11 Å². The average Bonchev–Trinajstić information content (AvgIpc) is 3.41. The summed E-state index contributed by atoms with van der Waals surface area (Å²) in [6, 6.07) is 9.65. The van der Waals surface area contributed by atoms with Crippen LogP contribution in [0.2, 0.25) is 0 Å². The highest BCUT2D eigenvalue weighted by Gasteiger charge is 2.36. The Labute approximate surface area is 195 Å². The molecule has 0 saturated carbocycles. The van der Waals surface area contributed by atoms with Crippen LogP contribution in [0.5, 0.6) is 0 Å². The molecule has 3 aromatic rings. The fourth-order valence-electron chi connectivity index (χ4n) is 4.05. The van der Waals surface area contributed by atoms with E-state index in [1.54, 1.807) is 24.3 Å². The van der Waals surface area contributed by atoms with E-state index in [1.807, 2.05) is 37.5 Å². The summed E-state index contributed by atoms with van der Waals surface area (Å²) in [5, 5.41) is 2.21. The minimum Gasteiger partial charge on any atom is -0.467 e. The normalized spacial score (nSPS) is 15.1. The number of carbonyl (C=O) groups excluding carboxylic acids is 4. The maximum Gasteiger partial charge on any atom is 0.338 e. The van der Waals surface area contributed by atoms with E-state index in [4.69, 9.17) is 9.15 Å². The van der Waals surface area contributed by atoms with E-state index in [9.17, 15) is 19.2 Å². The quantitative estimate of drug-likeness (QED) is 0.354. The molecule has 1 aromatic carbocycles. The largest absolute Gasteiger partial charge is 0.467 e. The summed E-state index contributed by atoms with van der Waals surface area (Å²) in [6.45, 7) is 5.46. The van der Waals surface area contributed by atoms with Crippen molar-refractivity contribution in [3.8, 4) is 5.69 Å². The van der Waals surface area contributed by atoms with E-state index < -0.39 is 23.8 Å². The summed E-state index contributed by atoms with van der Waals surface area (Å²) in [4.78, 5) is 50.9. The number of esters is 1. The summed E-state index contributed by atoms with van der Waals surface area (Å²) >= 11 is 0. The molecule has 1 aliphatic rings. The van der Waals surface area contributed by atoms with Crippen LogP contribution in [0.25, 0.3) is 11.8 Å². The van der Waals surface area contributed by atoms with Gasteiger partial charge in [0.15, 0.2) is 0 Å². The zero-order valence-corrected chi connectivity index (χ0v) is 19.2. The van der Waals surface area contributed by atoms with Crippen LogP contribution in [0, 0.1) is 20.8 Å². The van der Waals surface area contributed by atoms with Crippen molar-refractivity contribution in [2.24, 2.45) is 0 Å². The Morgan fingerprint density at radius 1 is 1.12 bits per heavy atom. The molecule has 0 bridgehead atoms. The summed E-state index contributed by atoms with van der Waals surface area (Å²) in [6.07, 6.45) is 2.91. The number of barbiturate groups is 1. The third-order valence-corrected chi connectivity index (χ3v) is 5.80. The van der Waals surface area contributed by atoms with E-state index in [-0.39, 0.29) is 12.1 Å². The first-order valence-electron chi connectivity index (χ1n) is 10.5. The fourth-order valence-corrected chi connectivity index (χ4v) is 4.05. The summed E-state index contributed by atoms with van der Waals surface area (Å²) in [5.41, 5.74) is 4.01. The maximum absolute atomic E-state index is 13.0. The molecule has 0 radical (unpaired) electrons. The molecule has 2 aromatic heterocycles. The number of nitrogens with one attached hydrogen (secondary N) is 1. The summed E-state index contributed by atoms with van der Waals surface area (Å²) in [5.74, 6) is -1.50. The topological polar surface area (TPSA) is 111 Å². The second-order valence-corrected chi connectivity index (χ2v) is 7.89. The van der Waals surface area contributed by atoms with E-state index in [0.29, 0.717) is 16.9 Å². The minimum absolute atomic E-state index is 0.0964. The van der Waals surface area contributed by atoms with Crippen LogP contribution >= 0.6 is 0 Å². The van der Waals surface area contributed by atoms with Crippen LogP contribution in [0.4, 0.5) is 4.79 Å². The fraction of sp³-hybridized carbons (Fsp3) is 0.200. The van der Waals surface area contributed by atoms with Gasteiger partial charge in [-0.25, -0.2) is 9.59 Å². The van der Waals surface area contributed by atoms with Gasteiger partial charge in [-0.2, -0.15) is 0 Å². The van der Waals surface area contributed by atoms with Crippen molar-refractivity contribution in [3.05, 3.63) is 82.1 Å². The van der Waals surface area contributed by atoms with Gasteiger partial charge in [0.05, 0.1) is 25.5 Å². The third kappa shape index (κ3) is 3.92. The monoisotopic (exact) mass is 461 g/mol. The van der Waals surface area contributed by atoms with Crippen molar-refractivity contribution >= 4 is 29.9 Å². The number of aryl methyl sites for hydroxylation is 1. The number of hydrogen-bond acceptors (Lipinski definition) is 6. The molecule has 0 atom stereocenters. The molecule has 1 aliphatic heterocycles. The number of nitrogens with zero attached hydrogens (tertiary/aromatic N) is 2. The molecule has 0 aliphatic carbocycles. The Hall–Kier alpha value is -4.40. The first kappa shape index (κ1) is 22.8. The number of carbonyl (C=O) groups is 4. The number of furan rings is 1. The second kappa shape index (κ2) is 8.86. The van der Waals surface area contributed by atoms with Gasteiger partial charge in [0.1, 0.15) is 11.3 Å². The van der Waals surface area contributed by atoms with E-state index >= 15 is 0 Å². The Morgan fingerprint density at radius 3 is 2.56 bits per heavy atom. The third-order valence-electron chi connectivity index (χ3n) is 5.80. The van der Waals surface area contributed by atoms with Crippen LogP contribution < -0.4 is 5.32 Å². The molecule has 9 nitrogen and oxygen atoms in total. The molecule has 1 fully saturated rings. The molecule has 0 spiro atoms. The summed E-state index contributed by atoms with van der Waals surface area (Å²) in [7, 11) is 1.33. The van der Waals surface area contributed by atoms with E-state index in [0.717, 1.165) is 27.5 Å². The average molecular weight is 461 g/mol. The maximum atomic E-state index is 13.0. The molecule has 0 unspecified atom stereocenters. The van der Waals surface area contributed by atoms with Crippen molar-refractivity contribution in [1.82, 2.24) is 14.8 Å². The van der Waals surface area contributed by atoms with Crippen LogP contribution in [0.15, 0.2) is 52.7 Å². The van der Waals surface area contributed by atoms with Crippen molar-refractivity contribution in [1.29, 1.82) is 0 Å². The number of benzene rings is 1. The van der Waals surface area contributed by atoms with Gasteiger partial charge in [0.2, 0.25) is 0 Å². The molecule has 3 heterocycles. The van der Waals surface area contributed by atoms with Gasteiger partial charge in [-0.05, 0) is 68.3 Å². The second-order valence-electron chi connectivity index (χ2n) is 7.89. The zero-order chi connectivity index (χ0) is 24.6. The Balaban J connectivity index is 1.74. The van der Waals surface area contributed by atoms with Gasteiger partial charge in [0.25, 0.3) is 11.8 Å². The highest BCUT2D eigenvalue weighted by atomic mass is 16.5. The number of urea groups is 1. The van der Waals surface area contributed by atoms with Gasteiger partial charge < -0.3 is 13.7 Å². The van der Waals surface area contributed by atoms with Gasteiger partial charge in [-0.3, -0.25) is 19.8 Å². The van der Waals surface area contributed by atoms with Crippen molar-refractivity contribution in [2.45, 2.75) is 27.3 Å². The Bertz CT molecular complexity index is 1350. The number of rotatable bonds is 5. The molecular weight excluding hydrogens is 438 g/mol. The molecule has 1 saturated heterocycles. The molecule has 4 amide bonds. The smallest absolute Gasteiger partial charge is 0.338 e. The van der Waals surface area contributed by atoms with Gasteiger partial charge in [0, 0.05) is 17.1 Å². The standard InChI is InChI=1S/C25H23N3O6/c1-14-11-17(16(3)28(14)21-9-5-8-19(15(21)2)24(31)33-4)12-20-22(29)26-25(32)27(23(20)30)13-18-7-6-10-34-18/h5-12H,13H2,1-4H3,(H,26,29,32)/b20-12+. The first-order chi connectivity index (χ1) is 16.2. The Kier molecular flexibility index (Phi) is 5.93. The predicted molar refractivity (Wildman–Crippen MR) is 122 cm³/mol. The van der Waals surface area contributed by atoms with Gasteiger partial charge in [-0.1, -0.05) is 6.07 Å². The Morgan fingerprint density at radius 2 is 1.88 bits per heavy atom. The number of methoxy groups -OCH3 is 1. The molecule has 34 heavy (non-hydrogen) atoms. The SMILES string of the molecule is COC(=O)c1cccc(-n2c(C)cc(/C=C3\C(=O)NC(=O)N(Cc4ccco4)C3=O)c2C)c1C. The lowest BCUT2D eigenvalue weighted by Crippen LogP contribution is -2.53. The number of amides is 4. The number of imide groups is 2. The number of aromatic nitrogens is 1. The van der Waals surface area contributed by atoms with Crippen LogP contribution in [0.3, 0.4) is 0 Å². The zero-order valence-electron chi connectivity index (χ0n) is 19.2. The lowest BCUT2D eigenvalue weighted by molar-refractivity contribution is -0.130. The highest BCUT2D eigenvalue weighted by Crippen LogP contribution is 2.27. The van der Waals surface area contributed by atoms with Gasteiger partial charge in [-0.15, -0.1) is 0 Å². The molecular formula is C25H23N3O6. The number of hydrogen-bond donors (Lipinski definition) is 1. The van der Waals surface area contributed by atoms with Crippen LogP contribution in [0.1, 0.15) is 38.6 Å². The van der Waals surface area contributed by atoms with Crippen molar-refractivity contribution in [3.63, 3.8) is 0 Å². The van der Waals surface area contributed by atoms with Crippen LogP contribution in [-0.4, -0.2) is 40.4 Å². The lowest BCUT2D eigenvalue weighted by atomic mass is 10.1. The molecule has 1 N–H and O–H groups in total. The molecule has 174 valence electrons. The van der Waals surface area contributed by atoms with Crippen molar-refractivity contribution < 1.29 is 28.3 Å². The van der Waals surface area contributed by atoms with E-state index in [1.165, 1.54) is 19.4 Å². The predicted octanol–water partition coefficient (Wildman–Crippen LogP) is 3.44. The van der Waals surface area contributed by atoms with Crippen LogP contribution in [-0.2, 0) is 20.9 Å². The lowest BCUT2D eigenvalue weighted by Gasteiger charge is -2.25. The molecule has 9 heteroatoms. The number of ether oxygens (including phenoxy) is 1. The summed E-state index contributed by atoms with van der Waals surface area (Å²) < 4.78 is 12.0. The first-order valence-corrected chi connectivity index (χ1v) is 10.5. The minimum atomic E-state index is -0.802.